The van der Waals surface area contributed by atoms with Crippen LogP contribution in [-0.2, 0) is 0 Å². The van der Waals surface area contributed by atoms with Crippen molar-refractivity contribution in [1.29, 1.82) is 0 Å². The molecule has 0 aromatic heterocycles. The molecule has 4 rings (SSSR count). The third-order valence-electron chi connectivity index (χ3n) is 6.73. The van der Waals surface area contributed by atoms with Gasteiger partial charge in [0.2, 0.25) is 0 Å². The van der Waals surface area contributed by atoms with Crippen molar-refractivity contribution >= 4 is 0 Å². The summed E-state index contributed by atoms with van der Waals surface area (Å²) >= 11 is 0. The summed E-state index contributed by atoms with van der Waals surface area (Å²) in [5, 5.41) is 0. The summed E-state index contributed by atoms with van der Waals surface area (Å²) in [7, 11) is 0. The molecule has 2 fully saturated rings. The molecule has 0 saturated heterocycles. The minimum Gasteiger partial charge on any atom is -0.207 e. The van der Waals surface area contributed by atoms with E-state index in [1.54, 1.807) is 6.07 Å². The van der Waals surface area contributed by atoms with Gasteiger partial charge >= 0.3 is 0 Å². The van der Waals surface area contributed by atoms with Crippen LogP contribution in [0, 0.1) is 24.4 Å². The normalized spacial score (nSPS) is 19.1. The summed E-state index contributed by atoms with van der Waals surface area (Å²) in [6.07, 6.45) is 9.93. The molecule has 0 heterocycles. The SMILES string of the molecule is Cc1ccc(-c2cc(F)c(C3CCCCC3)c(F)c2C2CCCCC2)c(F)c1. The largest absolute Gasteiger partial charge is 0.207 e. The van der Waals surface area contributed by atoms with Crippen molar-refractivity contribution in [3.63, 3.8) is 0 Å². The van der Waals surface area contributed by atoms with Gasteiger partial charge in [0.1, 0.15) is 17.5 Å². The Hall–Kier alpha value is -1.77. The summed E-state index contributed by atoms with van der Waals surface area (Å²) in [5.74, 6) is -1.30. The average molecular weight is 387 g/mol. The first kappa shape index (κ1) is 19.5. The van der Waals surface area contributed by atoms with Crippen LogP contribution >= 0.6 is 0 Å². The number of aryl methyl sites for hydroxylation is 1. The predicted octanol–water partition coefficient (Wildman–Crippen LogP) is 8.17. The van der Waals surface area contributed by atoms with Crippen molar-refractivity contribution in [2.75, 3.05) is 0 Å². The van der Waals surface area contributed by atoms with Crippen LogP contribution in [0.5, 0.6) is 0 Å². The number of hydrogen-bond donors (Lipinski definition) is 0. The first-order chi connectivity index (χ1) is 13.6. The molecule has 2 aliphatic rings. The van der Waals surface area contributed by atoms with Crippen molar-refractivity contribution in [1.82, 2.24) is 0 Å². The van der Waals surface area contributed by atoms with Crippen molar-refractivity contribution in [3.05, 3.63) is 58.4 Å². The van der Waals surface area contributed by atoms with Crippen LogP contribution in [0.3, 0.4) is 0 Å². The van der Waals surface area contributed by atoms with Crippen molar-refractivity contribution in [2.45, 2.75) is 83.0 Å². The maximum Gasteiger partial charge on any atom is 0.133 e. The van der Waals surface area contributed by atoms with Crippen LogP contribution < -0.4 is 0 Å². The van der Waals surface area contributed by atoms with Crippen LogP contribution in [0.2, 0.25) is 0 Å². The molecule has 0 nitrogen and oxygen atoms in total. The molecule has 3 heteroatoms. The first-order valence-corrected chi connectivity index (χ1v) is 10.8. The van der Waals surface area contributed by atoms with Gasteiger partial charge in [-0.05, 0) is 73.3 Å². The van der Waals surface area contributed by atoms with E-state index in [9.17, 15) is 4.39 Å². The second-order valence-electron chi connectivity index (χ2n) is 8.70. The van der Waals surface area contributed by atoms with E-state index in [-0.39, 0.29) is 17.4 Å². The molecule has 150 valence electrons. The van der Waals surface area contributed by atoms with Gasteiger partial charge in [-0.3, -0.25) is 0 Å². The van der Waals surface area contributed by atoms with Crippen LogP contribution in [0.4, 0.5) is 13.2 Å². The molecular weight excluding hydrogens is 357 g/mol. The van der Waals surface area contributed by atoms with E-state index < -0.39 is 17.5 Å². The molecule has 0 aliphatic heterocycles. The van der Waals surface area contributed by atoms with Crippen LogP contribution in [-0.4, -0.2) is 0 Å². The average Bonchev–Trinajstić information content (AvgIpc) is 2.69. The number of hydrogen-bond acceptors (Lipinski definition) is 0. The second-order valence-corrected chi connectivity index (χ2v) is 8.70. The smallest absolute Gasteiger partial charge is 0.133 e. The minimum atomic E-state index is -0.501. The van der Waals surface area contributed by atoms with E-state index in [4.69, 9.17) is 0 Å². The van der Waals surface area contributed by atoms with Crippen LogP contribution in [0.15, 0.2) is 24.3 Å². The Balaban J connectivity index is 1.89. The molecule has 0 atom stereocenters. The summed E-state index contributed by atoms with van der Waals surface area (Å²) in [5.41, 5.74) is 2.36. The lowest BCUT2D eigenvalue weighted by Gasteiger charge is -2.29. The van der Waals surface area contributed by atoms with Crippen molar-refractivity contribution < 1.29 is 13.2 Å². The van der Waals surface area contributed by atoms with Gasteiger partial charge in [-0.15, -0.1) is 0 Å². The molecule has 0 radical (unpaired) electrons. The zero-order chi connectivity index (χ0) is 19.7. The number of benzene rings is 2. The number of rotatable bonds is 3. The summed E-state index contributed by atoms with van der Waals surface area (Å²) in [6, 6.07) is 6.36. The van der Waals surface area contributed by atoms with Gasteiger partial charge in [0.05, 0.1) is 0 Å². The Morgan fingerprint density at radius 2 is 1.21 bits per heavy atom. The van der Waals surface area contributed by atoms with E-state index >= 15 is 8.78 Å². The lowest BCUT2D eigenvalue weighted by Crippen LogP contribution is -2.15. The quantitative estimate of drug-likeness (QED) is 0.499. The molecule has 0 unspecified atom stereocenters. The van der Waals surface area contributed by atoms with Gasteiger partial charge < -0.3 is 0 Å². The zero-order valence-electron chi connectivity index (χ0n) is 16.7. The fourth-order valence-electron chi connectivity index (χ4n) is 5.27. The van der Waals surface area contributed by atoms with Crippen LogP contribution in [0.1, 0.15) is 92.7 Å². The fraction of sp³-hybridized carbons (Fsp3) is 0.520. The molecule has 2 aromatic rings. The molecule has 0 N–H and O–H groups in total. The standard InChI is InChI=1S/C25H29F3/c1-16-12-13-19(21(26)14-16)20-15-22(27)24(18-10-6-3-7-11-18)25(28)23(20)17-8-4-2-5-9-17/h12-15,17-18H,2-11H2,1H3. The lowest BCUT2D eigenvalue weighted by molar-refractivity contribution is 0.398. The molecule has 0 spiro atoms. The molecule has 0 amide bonds. The Morgan fingerprint density at radius 1 is 0.643 bits per heavy atom. The maximum atomic E-state index is 15.9. The Bertz CT molecular complexity index is 843. The van der Waals surface area contributed by atoms with Gasteiger partial charge in [0, 0.05) is 11.1 Å². The van der Waals surface area contributed by atoms with Gasteiger partial charge in [0.15, 0.2) is 0 Å². The minimum absolute atomic E-state index is 0.0481. The molecule has 2 saturated carbocycles. The molecule has 2 aromatic carbocycles. The fourth-order valence-corrected chi connectivity index (χ4v) is 5.27. The monoisotopic (exact) mass is 386 g/mol. The highest BCUT2D eigenvalue weighted by Crippen LogP contribution is 2.45. The van der Waals surface area contributed by atoms with Crippen molar-refractivity contribution in [2.24, 2.45) is 0 Å². The van der Waals surface area contributed by atoms with E-state index in [1.807, 2.05) is 13.0 Å². The molecule has 2 aliphatic carbocycles. The Morgan fingerprint density at radius 3 is 1.79 bits per heavy atom. The van der Waals surface area contributed by atoms with Crippen molar-refractivity contribution in [3.8, 4) is 11.1 Å². The third kappa shape index (κ3) is 3.73. The van der Waals surface area contributed by atoms with E-state index in [0.717, 1.165) is 69.8 Å². The zero-order valence-corrected chi connectivity index (χ0v) is 16.7. The van der Waals surface area contributed by atoms with Gasteiger partial charge in [0.25, 0.3) is 0 Å². The Labute approximate surface area is 166 Å². The van der Waals surface area contributed by atoms with Gasteiger partial charge in [-0.2, -0.15) is 0 Å². The van der Waals surface area contributed by atoms with E-state index in [0.29, 0.717) is 16.7 Å². The topological polar surface area (TPSA) is 0 Å². The van der Waals surface area contributed by atoms with Gasteiger partial charge in [-0.1, -0.05) is 50.7 Å². The lowest BCUT2D eigenvalue weighted by atomic mass is 9.76. The van der Waals surface area contributed by atoms with Gasteiger partial charge in [-0.25, -0.2) is 13.2 Å². The number of halogens is 3. The highest BCUT2D eigenvalue weighted by atomic mass is 19.1. The Kier molecular flexibility index (Phi) is 5.80. The van der Waals surface area contributed by atoms with E-state index in [1.165, 1.54) is 12.1 Å². The molecule has 28 heavy (non-hydrogen) atoms. The maximum absolute atomic E-state index is 15.9. The van der Waals surface area contributed by atoms with Crippen LogP contribution in [0.25, 0.3) is 11.1 Å². The molecular formula is C25H29F3. The highest BCUT2D eigenvalue weighted by Gasteiger charge is 2.31. The third-order valence-corrected chi connectivity index (χ3v) is 6.73. The highest BCUT2D eigenvalue weighted by molar-refractivity contribution is 5.70. The molecule has 0 bridgehead atoms. The summed E-state index contributed by atoms with van der Waals surface area (Å²) in [6.45, 7) is 1.82. The predicted molar refractivity (Wildman–Crippen MR) is 108 cm³/mol. The first-order valence-electron chi connectivity index (χ1n) is 10.8. The summed E-state index contributed by atoms with van der Waals surface area (Å²) < 4.78 is 45.8. The summed E-state index contributed by atoms with van der Waals surface area (Å²) in [4.78, 5) is 0. The second kappa shape index (κ2) is 8.31. The van der Waals surface area contributed by atoms with E-state index in [2.05, 4.69) is 0 Å².